The summed E-state index contributed by atoms with van der Waals surface area (Å²) in [7, 11) is 17.1. The van der Waals surface area contributed by atoms with Gasteiger partial charge in [-0.2, -0.15) is 0 Å². The molecule has 1 aliphatic heterocycles. The number of hydrogen-bond donors (Lipinski definition) is 0. The first-order valence-corrected chi connectivity index (χ1v) is 12.8. The van der Waals surface area contributed by atoms with Crippen molar-refractivity contribution in [2.45, 2.75) is 18.9 Å². The van der Waals surface area contributed by atoms with E-state index >= 15 is 0 Å². The second-order valence-electron chi connectivity index (χ2n) is 4.49. The average molecular weight is 358 g/mol. The average Bonchev–Trinajstić information content (AvgIpc) is 2.35. The molecule has 0 aliphatic carbocycles. The van der Waals surface area contributed by atoms with Gasteiger partial charge in [-0.1, -0.05) is 48.7 Å². The zero-order valence-electron chi connectivity index (χ0n) is 11.0. The normalized spacial score (nSPS) is 20.7. The summed E-state index contributed by atoms with van der Waals surface area (Å²) in [5, 5.41) is 4.76. The van der Waals surface area contributed by atoms with Crippen LogP contribution in [0.5, 0.6) is 0 Å². The van der Waals surface area contributed by atoms with Crippen molar-refractivity contribution in [2.24, 2.45) is 0 Å². The Kier molecular flexibility index (Phi) is 9.78. The van der Waals surface area contributed by atoms with Crippen LogP contribution in [0.25, 0.3) is 5.32 Å². The molecule has 0 N–H and O–H groups in total. The molecule has 1 unspecified atom stereocenters. The van der Waals surface area contributed by atoms with Crippen molar-refractivity contribution in [1.82, 2.24) is 4.90 Å². The number of hydrogen-bond acceptors (Lipinski definition) is 1. The molecule has 1 aromatic carbocycles. The number of rotatable bonds is 1. The van der Waals surface area contributed by atoms with Crippen molar-refractivity contribution in [1.29, 1.82) is 0 Å². The molecule has 1 atom stereocenters. The van der Waals surface area contributed by atoms with Gasteiger partial charge in [0.15, 0.2) is 0 Å². The fourth-order valence-electron chi connectivity index (χ4n) is 2.08. The molecule has 0 saturated carbocycles. The molecular weight excluding hydrogens is 338 g/mol. The molecule has 1 heterocycles. The van der Waals surface area contributed by atoms with Gasteiger partial charge in [-0.25, -0.2) is 0 Å². The van der Waals surface area contributed by atoms with Crippen LogP contribution in [-0.4, -0.2) is 31.6 Å². The zero-order valence-corrected chi connectivity index (χ0v) is 14.9. The predicted octanol–water partition coefficient (Wildman–Crippen LogP) is 4.89. The van der Waals surface area contributed by atoms with E-state index in [4.69, 9.17) is 33.2 Å². The fraction of sp³-hybridized carbons (Fsp3) is 0.538. The van der Waals surface area contributed by atoms with Crippen LogP contribution in [0.4, 0.5) is 0 Å². The van der Waals surface area contributed by atoms with Gasteiger partial charge < -0.3 is 10.2 Å². The molecule has 1 aromatic rings. The van der Waals surface area contributed by atoms with Crippen LogP contribution in [0.1, 0.15) is 24.4 Å². The van der Waals surface area contributed by atoms with Crippen molar-refractivity contribution in [3.63, 3.8) is 0 Å². The van der Waals surface area contributed by atoms with E-state index in [-0.39, 0.29) is 0 Å². The van der Waals surface area contributed by atoms with Gasteiger partial charge in [0.25, 0.3) is 0 Å². The van der Waals surface area contributed by atoms with E-state index in [1.54, 1.807) is 0 Å². The van der Waals surface area contributed by atoms with Crippen LogP contribution in [0.15, 0.2) is 30.3 Å². The summed E-state index contributed by atoms with van der Waals surface area (Å²) >= 11 is -1.92. The summed E-state index contributed by atoms with van der Waals surface area (Å²) < 4.78 is 0. The SMILES string of the molecule is CN1CCC[N-]C(c2ccccc2)CC1.[Cl][Ti+]([Cl])[Cl]. The molecule has 0 bridgehead atoms. The van der Waals surface area contributed by atoms with Gasteiger partial charge in [-0.15, -0.1) is 12.6 Å². The van der Waals surface area contributed by atoms with E-state index in [0.29, 0.717) is 6.04 Å². The first-order valence-electron chi connectivity index (χ1n) is 6.33. The third-order valence-electron chi connectivity index (χ3n) is 3.02. The molecule has 1 fully saturated rings. The minimum absolute atomic E-state index is 0.411. The van der Waals surface area contributed by atoms with Gasteiger partial charge in [0.05, 0.1) is 0 Å². The number of halogens is 3. The topological polar surface area (TPSA) is 17.3 Å². The van der Waals surface area contributed by atoms with Gasteiger partial charge in [0.2, 0.25) is 0 Å². The molecule has 6 heteroatoms. The molecule has 1 aliphatic rings. The molecule has 19 heavy (non-hydrogen) atoms. The maximum atomic E-state index is 4.97. The third-order valence-corrected chi connectivity index (χ3v) is 3.02. The van der Waals surface area contributed by atoms with Gasteiger partial charge in [-0.3, -0.25) is 0 Å². The van der Waals surface area contributed by atoms with E-state index in [1.165, 1.54) is 18.5 Å². The van der Waals surface area contributed by atoms with E-state index in [9.17, 15) is 0 Å². The Morgan fingerprint density at radius 3 is 2.42 bits per heavy atom. The summed E-state index contributed by atoms with van der Waals surface area (Å²) in [4.78, 5) is 2.41. The first kappa shape index (κ1) is 17.8. The standard InChI is InChI=1S/C13H19N2.3ClH.Ti/c1-15-10-5-9-14-13(8-11-15)12-6-3-2-4-7-12;;;;/h2-4,6-7,13H,5,8-11H2,1H3;3*1H;/q-1;;;;+4/p-3. The molecule has 2 nitrogen and oxygen atoms in total. The van der Waals surface area contributed by atoms with Gasteiger partial charge in [-0.05, 0) is 20.1 Å². The quantitative estimate of drug-likeness (QED) is 0.654. The van der Waals surface area contributed by atoms with Crippen LogP contribution in [0.3, 0.4) is 0 Å². The van der Waals surface area contributed by atoms with Crippen molar-refractivity contribution < 1.29 is 14.7 Å². The molecular formula is C13H19Cl3N2Ti. The van der Waals surface area contributed by atoms with E-state index in [2.05, 4.69) is 42.3 Å². The summed E-state index contributed by atoms with van der Waals surface area (Å²) in [5.74, 6) is 0. The molecule has 0 amide bonds. The Morgan fingerprint density at radius 2 is 1.79 bits per heavy atom. The molecule has 1 saturated heterocycles. The van der Waals surface area contributed by atoms with Crippen LogP contribution >= 0.6 is 27.9 Å². The van der Waals surface area contributed by atoms with Gasteiger partial charge in [0, 0.05) is 0 Å². The molecule has 106 valence electrons. The van der Waals surface area contributed by atoms with Crippen molar-refractivity contribution in [3.8, 4) is 0 Å². The summed E-state index contributed by atoms with van der Waals surface area (Å²) in [6.45, 7) is 3.35. The van der Waals surface area contributed by atoms with E-state index in [1.807, 2.05) is 0 Å². The predicted molar refractivity (Wildman–Crippen MR) is 81.7 cm³/mol. The molecule has 0 aromatic heterocycles. The molecule has 0 radical (unpaired) electrons. The van der Waals surface area contributed by atoms with E-state index < -0.39 is 14.7 Å². The van der Waals surface area contributed by atoms with Crippen LogP contribution in [0, 0.1) is 0 Å². The zero-order chi connectivity index (χ0) is 14.1. The first-order chi connectivity index (χ1) is 9.09. The summed E-state index contributed by atoms with van der Waals surface area (Å²) in [6.07, 6.45) is 2.35. The van der Waals surface area contributed by atoms with Crippen molar-refractivity contribution in [3.05, 3.63) is 41.2 Å². The number of benzene rings is 1. The molecule has 2 rings (SSSR count). The Bertz CT molecular complexity index is 335. The second-order valence-corrected chi connectivity index (χ2v) is 12.2. The second kappa shape index (κ2) is 10.5. The Labute approximate surface area is 133 Å². The van der Waals surface area contributed by atoms with Crippen molar-refractivity contribution >= 4 is 27.9 Å². The van der Waals surface area contributed by atoms with Gasteiger partial charge in [0.1, 0.15) is 0 Å². The monoisotopic (exact) mass is 356 g/mol. The van der Waals surface area contributed by atoms with Gasteiger partial charge >= 0.3 is 42.6 Å². The summed E-state index contributed by atoms with van der Waals surface area (Å²) in [6, 6.07) is 11.1. The maximum absolute atomic E-state index is 4.97. The van der Waals surface area contributed by atoms with Crippen LogP contribution < -0.4 is 0 Å². The minimum atomic E-state index is -1.92. The van der Waals surface area contributed by atoms with E-state index in [0.717, 1.165) is 19.5 Å². The Hall–Kier alpha value is 0.724. The Morgan fingerprint density at radius 1 is 1.16 bits per heavy atom. The summed E-state index contributed by atoms with van der Waals surface area (Å²) in [5.41, 5.74) is 1.37. The van der Waals surface area contributed by atoms with Crippen LogP contribution in [0.2, 0.25) is 0 Å². The van der Waals surface area contributed by atoms with Crippen molar-refractivity contribution in [2.75, 3.05) is 26.7 Å². The molecule has 0 spiro atoms. The Balaban J connectivity index is 0.000000399. The number of nitrogens with zero attached hydrogens (tertiary/aromatic N) is 2. The fourth-order valence-corrected chi connectivity index (χ4v) is 2.08. The van der Waals surface area contributed by atoms with Crippen LogP contribution in [-0.2, 0) is 14.7 Å². The third kappa shape index (κ3) is 8.57.